The predicted octanol–water partition coefficient (Wildman–Crippen LogP) is 5.23. The van der Waals surface area contributed by atoms with Gasteiger partial charge in [-0.05, 0) is 60.0 Å². The third kappa shape index (κ3) is 7.47. The maximum atomic E-state index is 13.7. The van der Waals surface area contributed by atoms with E-state index in [2.05, 4.69) is 9.71 Å². The molecule has 0 bridgehead atoms. The second-order valence-electron chi connectivity index (χ2n) is 9.94. The van der Waals surface area contributed by atoms with E-state index in [0.717, 1.165) is 11.8 Å². The van der Waals surface area contributed by atoms with Gasteiger partial charge in [-0.2, -0.15) is 5.10 Å². The number of sulfonamides is 1. The Morgan fingerprint density at radius 2 is 1.65 bits per heavy atom. The summed E-state index contributed by atoms with van der Waals surface area (Å²) in [4.78, 5) is 4.61. The van der Waals surface area contributed by atoms with Gasteiger partial charge in [-0.1, -0.05) is 55.8 Å². The SMILES string of the molecule is CC(C)C(CS(C)(=O)=O)N=C(NS(=O)(=O)c1ccc(Cl)cc1)C1=NN(c2ccc(F)cc2)C(c2ccccc2)C1. The molecule has 3 aromatic carbocycles. The minimum Gasteiger partial charge on any atom is -0.262 e. The number of hydrogen-bond donors (Lipinski definition) is 1. The number of anilines is 1. The van der Waals surface area contributed by atoms with Crippen LogP contribution in [0.2, 0.25) is 5.02 Å². The second kappa shape index (κ2) is 12.1. The molecule has 1 aliphatic heterocycles. The van der Waals surface area contributed by atoms with Gasteiger partial charge < -0.3 is 0 Å². The summed E-state index contributed by atoms with van der Waals surface area (Å²) in [6, 6.07) is 19.9. The number of benzene rings is 3. The lowest BCUT2D eigenvalue weighted by Gasteiger charge is -2.23. The fraction of sp³-hybridized carbons (Fsp3) is 0.286. The number of sulfone groups is 1. The van der Waals surface area contributed by atoms with Crippen molar-refractivity contribution in [1.29, 1.82) is 0 Å². The van der Waals surface area contributed by atoms with Crippen molar-refractivity contribution in [3.63, 3.8) is 0 Å². The highest BCUT2D eigenvalue weighted by Gasteiger charge is 2.34. The second-order valence-corrected chi connectivity index (χ2v) is 14.2. The van der Waals surface area contributed by atoms with Crippen molar-refractivity contribution in [2.24, 2.45) is 16.0 Å². The molecule has 212 valence electrons. The molecule has 8 nitrogen and oxygen atoms in total. The third-order valence-electron chi connectivity index (χ3n) is 6.35. The molecule has 12 heteroatoms. The first-order chi connectivity index (χ1) is 18.8. The van der Waals surface area contributed by atoms with Crippen LogP contribution in [0.3, 0.4) is 0 Å². The van der Waals surface area contributed by atoms with Gasteiger partial charge in [-0.3, -0.25) is 14.7 Å². The summed E-state index contributed by atoms with van der Waals surface area (Å²) in [6.45, 7) is 3.64. The minimum atomic E-state index is -4.14. The molecule has 3 aromatic rings. The molecule has 0 fully saturated rings. The normalized spacial score (nSPS) is 17.1. The van der Waals surface area contributed by atoms with E-state index in [0.29, 0.717) is 16.4 Å². The summed E-state index contributed by atoms with van der Waals surface area (Å²) in [7, 11) is -7.57. The molecule has 0 saturated carbocycles. The molecular weight excluding hydrogens is 575 g/mol. The first kappa shape index (κ1) is 29.7. The van der Waals surface area contributed by atoms with Crippen molar-refractivity contribution in [2.75, 3.05) is 17.0 Å². The molecule has 40 heavy (non-hydrogen) atoms. The molecule has 2 atom stereocenters. The summed E-state index contributed by atoms with van der Waals surface area (Å²) in [6.07, 6.45) is 1.37. The predicted molar refractivity (Wildman–Crippen MR) is 158 cm³/mol. The van der Waals surface area contributed by atoms with Crippen molar-refractivity contribution in [1.82, 2.24) is 4.72 Å². The molecule has 1 aliphatic rings. The van der Waals surface area contributed by atoms with Crippen molar-refractivity contribution in [2.45, 2.75) is 37.2 Å². The van der Waals surface area contributed by atoms with Crippen LogP contribution in [0.15, 0.2) is 93.9 Å². The van der Waals surface area contributed by atoms with Gasteiger partial charge in [0.1, 0.15) is 21.4 Å². The van der Waals surface area contributed by atoms with E-state index in [1.807, 2.05) is 44.2 Å². The van der Waals surface area contributed by atoms with E-state index in [4.69, 9.17) is 16.7 Å². The summed E-state index contributed by atoms with van der Waals surface area (Å²) >= 11 is 5.95. The number of nitrogens with one attached hydrogen (secondary N) is 1. The van der Waals surface area contributed by atoms with Crippen LogP contribution in [0.25, 0.3) is 0 Å². The van der Waals surface area contributed by atoms with Crippen LogP contribution in [0.4, 0.5) is 10.1 Å². The third-order valence-corrected chi connectivity index (χ3v) is 8.91. The van der Waals surface area contributed by atoms with E-state index in [1.165, 1.54) is 36.4 Å². The molecule has 0 amide bonds. The highest BCUT2D eigenvalue weighted by atomic mass is 35.5. The molecule has 0 saturated heterocycles. The molecule has 0 aromatic heterocycles. The smallest absolute Gasteiger partial charge is 0.262 e. The number of hydrazone groups is 1. The molecule has 0 spiro atoms. The summed E-state index contributed by atoms with van der Waals surface area (Å²) < 4.78 is 67.5. The van der Waals surface area contributed by atoms with Crippen LogP contribution in [0, 0.1) is 11.7 Å². The van der Waals surface area contributed by atoms with Crippen molar-refractivity contribution < 1.29 is 21.2 Å². The maximum absolute atomic E-state index is 13.7. The van der Waals surface area contributed by atoms with Gasteiger partial charge in [-0.15, -0.1) is 0 Å². The zero-order chi connectivity index (χ0) is 29.1. The van der Waals surface area contributed by atoms with Crippen molar-refractivity contribution >= 4 is 48.7 Å². The van der Waals surface area contributed by atoms with Gasteiger partial charge >= 0.3 is 0 Å². The van der Waals surface area contributed by atoms with Crippen LogP contribution in [-0.4, -0.2) is 46.4 Å². The monoisotopic (exact) mass is 604 g/mol. The average Bonchev–Trinajstić information content (AvgIpc) is 3.34. The van der Waals surface area contributed by atoms with Crippen molar-refractivity contribution in [3.05, 3.63) is 95.3 Å². The highest BCUT2D eigenvalue weighted by Crippen LogP contribution is 2.35. The van der Waals surface area contributed by atoms with Crippen LogP contribution in [0.5, 0.6) is 0 Å². The molecule has 0 radical (unpaired) electrons. The Balaban J connectivity index is 1.83. The summed E-state index contributed by atoms with van der Waals surface area (Å²) in [5, 5.41) is 6.81. The Hall–Kier alpha value is -3.28. The average molecular weight is 605 g/mol. The quantitative estimate of drug-likeness (QED) is 0.266. The van der Waals surface area contributed by atoms with E-state index in [-0.39, 0.29) is 34.9 Å². The van der Waals surface area contributed by atoms with Gasteiger partial charge in [0.25, 0.3) is 10.0 Å². The molecule has 1 heterocycles. The van der Waals surface area contributed by atoms with Gasteiger partial charge in [0, 0.05) is 17.7 Å². The van der Waals surface area contributed by atoms with E-state index in [9.17, 15) is 21.2 Å². The number of rotatable bonds is 9. The first-order valence-electron chi connectivity index (χ1n) is 12.5. The Morgan fingerprint density at radius 3 is 2.23 bits per heavy atom. The zero-order valence-corrected chi connectivity index (χ0v) is 24.6. The lowest BCUT2D eigenvalue weighted by Crippen LogP contribution is -2.38. The number of aliphatic imine (C=N–C) groups is 1. The number of nitrogens with zero attached hydrogens (tertiary/aromatic N) is 3. The molecule has 2 unspecified atom stereocenters. The topological polar surface area (TPSA) is 108 Å². The Bertz CT molecular complexity index is 1610. The Labute approximate surface area is 239 Å². The molecule has 4 rings (SSSR count). The highest BCUT2D eigenvalue weighted by molar-refractivity contribution is 7.90. The van der Waals surface area contributed by atoms with E-state index >= 15 is 0 Å². The zero-order valence-electron chi connectivity index (χ0n) is 22.2. The van der Waals surface area contributed by atoms with E-state index < -0.39 is 31.7 Å². The fourth-order valence-corrected chi connectivity index (χ4v) is 6.48. The van der Waals surface area contributed by atoms with Crippen LogP contribution < -0.4 is 9.73 Å². The van der Waals surface area contributed by atoms with Crippen molar-refractivity contribution in [3.8, 4) is 0 Å². The summed E-state index contributed by atoms with van der Waals surface area (Å²) in [5.74, 6) is -0.942. The van der Waals surface area contributed by atoms with Gasteiger partial charge in [0.05, 0.1) is 28.4 Å². The largest absolute Gasteiger partial charge is 0.263 e. The standard InChI is InChI=1S/C28H30ClFN4O4S2/c1-19(2)26(18-39(3,35)36)31-28(33-40(37,38)24-15-9-21(29)10-16-24)25-17-27(20-7-5-4-6-8-20)34(32-25)23-13-11-22(30)12-14-23/h4-16,19,26-27H,17-18H2,1-3H3,(H,31,33). The fourth-order valence-electron chi connectivity index (χ4n) is 4.23. The molecular formula is C28H30ClFN4O4S2. The summed E-state index contributed by atoms with van der Waals surface area (Å²) in [5.41, 5.74) is 1.82. The van der Waals surface area contributed by atoms with Crippen LogP contribution in [0.1, 0.15) is 31.9 Å². The lowest BCUT2D eigenvalue weighted by molar-refractivity contribution is 0.519. The Kier molecular flexibility index (Phi) is 8.96. The van der Waals surface area contributed by atoms with Crippen LogP contribution in [-0.2, 0) is 19.9 Å². The maximum Gasteiger partial charge on any atom is 0.263 e. The Morgan fingerprint density at radius 1 is 1.02 bits per heavy atom. The molecule has 0 aliphatic carbocycles. The minimum absolute atomic E-state index is 0.0394. The van der Waals surface area contributed by atoms with Crippen LogP contribution >= 0.6 is 11.6 Å². The van der Waals surface area contributed by atoms with Gasteiger partial charge in [0.2, 0.25) is 0 Å². The molecule has 1 N–H and O–H groups in total. The van der Waals surface area contributed by atoms with Gasteiger partial charge in [-0.25, -0.2) is 21.2 Å². The number of amidine groups is 1. The first-order valence-corrected chi connectivity index (χ1v) is 16.5. The van der Waals surface area contributed by atoms with Gasteiger partial charge in [0.15, 0.2) is 5.84 Å². The number of hydrogen-bond acceptors (Lipinski definition) is 7. The number of halogens is 2. The van der Waals surface area contributed by atoms with E-state index in [1.54, 1.807) is 17.1 Å². The lowest BCUT2D eigenvalue weighted by atomic mass is 10.0.